The van der Waals surface area contributed by atoms with Gasteiger partial charge in [-0.3, -0.25) is 0 Å². The summed E-state index contributed by atoms with van der Waals surface area (Å²) in [5.41, 5.74) is 1.08. The smallest absolute Gasteiger partial charge is 0.200 e. The van der Waals surface area contributed by atoms with Crippen molar-refractivity contribution in [2.24, 2.45) is 5.16 Å². The minimum Gasteiger partial charge on any atom is -0.504 e. The fourth-order valence-corrected chi connectivity index (χ4v) is 1.96. The molecule has 0 saturated carbocycles. The van der Waals surface area contributed by atoms with Gasteiger partial charge >= 0.3 is 0 Å². The second-order valence-electron chi connectivity index (χ2n) is 4.40. The van der Waals surface area contributed by atoms with E-state index in [0.717, 1.165) is 5.56 Å². The molecular weight excluding hydrogens is 274 g/mol. The molecular formula is C15H15NO5. The predicted octanol–water partition coefficient (Wildman–Crippen LogP) is 2.23. The van der Waals surface area contributed by atoms with Crippen LogP contribution < -0.4 is 4.74 Å². The van der Waals surface area contributed by atoms with E-state index in [2.05, 4.69) is 5.16 Å². The Kier molecular flexibility index (Phi) is 4.18. The van der Waals surface area contributed by atoms with Crippen molar-refractivity contribution in [1.82, 2.24) is 0 Å². The quantitative estimate of drug-likeness (QED) is 0.299. The first-order chi connectivity index (χ1) is 10.1. The fraction of sp³-hybridized carbons (Fsp3) is 0.133. The number of methoxy groups -OCH3 is 1. The SMILES string of the molecule is COc1cccc(C/C(=N\O)c2ccc(O)c(O)c2O)c1. The van der Waals surface area contributed by atoms with Crippen LogP contribution in [0.15, 0.2) is 41.6 Å². The first-order valence-corrected chi connectivity index (χ1v) is 6.15. The average Bonchev–Trinajstić information content (AvgIpc) is 2.51. The summed E-state index contributed by atoms with van der Waals surface area (Å²) in [6, 6.07) is 9.72. The number of phenolic OH excluding ortho intramolecular Hbond substituents is 3. The first kappa shape index (κ1) is 14.5. The van der Waals surface area contributed by atoms with Gasteiger partial charge in [0.25, 0.3) is 0 Å². The van der Waals surface area contributed by atoms with Gasteiger partial charge in [0.1, 0.15) is 5.75 Å². The maximum Gasteiger partial charge on any atom is 0.200 e. The van der Waals surface area contributed by atoms with E-state index in [1.165, 1.54) is 12.1 Å². The molecule has 2 rings (SSSR count). The Bertz CT molecular complexity index is 682. The minimum atomic E-state index is -0.653. The highest BCUT2D eigenvalue weighted by molar-refractivity contribution is 6.04. The van der Waals surface area contributed by atoms with E-state index in [-0.39, 0.29) is 17.7 Å². The van der Waals surface area contributed by atoms with Gasteiger partial charge in [0.05, 0.1) is 12.8 Å². The van der Waals surface area contributed by atoms with Gasteiger partial charge in [-0.15, -0.1) is 0 Å². The van der Waals surface area contributed by atoms with Crippen LogP contribution in [0.3, 0.4) is 0 Å². The lowest BCUT2D eigenvalue weighted by molar-refractivity contribution is 0.317. The van der Waals surface area contributed by atoms with Crippen LogP contribution in [0.2, 0.25) is 0 Å². The van der Waals surface area contributed by atoms with Crippen LogP contribution in [-0.2, 0) is 6.42 Å². The fourth-order valence-electron chi connectivity index (χ4n) is 1.96. The Hall–Kier alpha value is -2.89. The first-order valence-electron chi connectivity index (χ1n) is 6.15. The molecule has 0 fully saturated rings. The third-order valence-electron chi connectivity index (χ3n) is 3.07. The molecule has 110 valence electrons. The monoisotopic (exact) mass is 289 g/mol. The molecule has 2 aromatic carbocycles. The Morgan fingerprint density at radius 2 is 1.86 bits per heavy atom. The number of hydrogen-bond acceptors (Lipinski definition) is 6. The van der Waals surface area contributed by atoms with Crippen molar-refractivity contribution in [3.63, 3.8) is 0 Å². The van der Waals surface area contributed by atoms with Crippen LogP contribution in [0.4, 0.5) is 0 Å². The lowest BCUT2D eigenvalue weighted by atomic mass is 10.0. The molecule has 0 aromatic heterocycles. The van der Waals surface area contributed by atoms with Crippen molar-refractivity contribution in [3.8, 4) is 23.0 Å². The molecule has 0 aliphatic heterocycles. The number of hydrogen-bond donors (Lipinski definition) is 4. The molecule has 0 aliphatic rings. The molecule has 0 aliphatic carbocycles. The van der Waals surface area contributed by atoms with E-state index in [1.54, 1.807) is 25.3 Å². The summed E-state index contributed by atoms with van der Waals surface area (Å²) >= 11 is 0. The van der Waals surface area contributed by atoms with Crippen LogP contribution >= 0.6 is 0 Å². The van der Waals surface area contributed by atoms with Crippen molar-refractivity contribution >= 4 is 5.71 Å². The summed E-state index contributed by atoms with van der Waals surface area (Å²) in [4.78, 5) is 0. The summed E-state index contributed by atoms with van der Waals surface area (Å²) in [6.07, 6.45) is 0.214. The molecule has 0 radical (unpaired) electrons. The van der Waals surface area contributed by atoms with E-state index < -0.39 is 17.2 Å². The molecule has 0 bridgehead atoms. The third kappa shape index (κ3) is 3.00. The van der Waals surface area contributed by atoms with Crippen LogP contribution in [0.1, 0.15) is 11.1 Å². The van der Waals surface area contributed by atoms with Crippen LogP contribution in [-0.4, -0.2) is 33.3 Å². The topological polar surface area (TPSA) is 103 Å². The minimum absolute atomic E-state index is 0.135. The number of ether oxygens (including phenoxy) is 1. The van der Waals surface area contributed by atoms with Gasteiger partial charge in [0.2, 0.25) is 5.75 Å². The normalized spacial score (nSPS) is 11.4. The highest BCUT2D eigenvalue weighted by Crippen LogP contribution is 2.37. The third-order valence-corrected chi connectivity index (χ3v) is 3.07. The number of nitrogens with zero attached hydrogens (tertiary/aromatic N) is 1. The van der Waals surface area contributed by atoms with Crippen LogP contribution in [0, 0.1) is 0 Å². The zero-order chi connectivity index (χ0) is 15.4. The van der Waals surface area contributed by atoms with Gasteiger partial charge in [0, 0.05) is 12.0 Å². The molecule has 0 heterocycles. The maximum atomic E-state index is 9.83. The molecule has 0 saturated heterocycles. The van der Waals surface area contributed by atoms with E-state index in [9.17, 15) is 15.3 Å². The van der Waals surface area contributed by atoms with Gasteiger partial charge in [-0.05, 0) is 29.8 Å². The molecule has 0 atom stereocenters. The van der Waals surface area contributed by atoms with Gasteiger partial charge < -0.3 is 25.3 Å². The highest BCUT2D eigenvalue weighted by atomic mass is 16.5. The summed E-state index contributed by atoms with van der Waals surface area (Å²) < 4.78 is 5.11. The molecule has 6 heteroatoms. The molecule has 0 unspecified atom stereocenters. The number of benzene rings is 2. The number of oxime groups is 1. The second kappa shape index (κ2) is 6.04. The van der Waals surface area contributed by atoms with Gasteiger partial charge in [-0.1, -0.05) is 17.3 Å². The summed E-state index contributed by atoms with van der Waals surface area (Å²) in [6.45, 7) is 0. The molecule has 21 heavy (non-hydrogen) atoms. The van der Waals surface area contributed by atoms with E-state index >= 15 is 0 Å². The lowest BCUT2D eigenvalue weighted by Gasteiger charge is -2.10. The Balaban J connectivity index is 2.35. The van der Waals surface area contributed by atoms with Crippen molar-refractivity contribution in [1.29, 1.82) is 0 Å². The highest BCUT2D eigenvalue weighted by Gasteiger charge is 2.16. The molecule has 2 aromatic rings. The molecule has 6 nitrogen and oxygen atoms in total. The summed E-state index contributed by atoms with van der Waals surface area (Å²) in [7, 11) is 1.55. The van der Waals surface area contributed by atoms with Gasteiger partial charge in [-0.25, -0.2) is 0 Å². The van der Waals surface area contributed by atoms with E-state index in [1.807, 2.05) is 6.07 Å². The number of phenols is 3. The zero-order valence-electron chi connectivity index (χ0n) is 11.3. The van der Waals surface area contributed by atoms with E-state index in [0.29, 0.717) is 5.75 Å². The molecule has 0 spiro atoms. The number of aromatic hydroxyl groups is 3. The lowest BCUT2D eigenvalue weighted by Crippen LogP contribution is -2.06. The number of rotatable bonds is 4. The Morgan fingerprint density at radius 1 is 1.10 bits per heavy atom. The standard InChI is InChI=1S/C15H15NO5/c1-21-10-4-2-3-9(7-10)8-12(16-20)11-5-6-13(17)15(19)14(11)18/h2-7,17-20H,8H2,1H3/b16-12+. The van der Waals surface area contributed by atoms with Gasteiger partial charge in [-0.2, -0.15) is 0 Å². The van der Waals surface area contributed by atoms with Crippen molar-refractivity contribution in [2.45, 2.75) is 6.42 Å². The van der Waals surface area contributed by atoms with Crippen molar-refractivity contribution in [2.75, 3.05) is 7.11 Å². The Labute approximate surface area is 121 Å². The van der Waals surface area contributed by atoms with E-state index in [4.69, 9.17) is 9.94 Å². The summed E-state index contributed by atoms with van der Waals surface area (Å²) in [5, 5.41) is 41.0. The molecule has 0 amide bonds. The average molecular weight is 289 g/mol. The maximum absolute atomic E-state index is 9.83. The van der Waals surface area contributed by atoms with Gasteiger partial charge in [0.15, 0.2) is 11.5 Å². The van der Waals surface area contributed by atoms with Crippen LogP contribution in [0.25, 0.3) is 0 Å². The second-order valence-corrected chi connectivity index (χ2v) is 4.40. The Morgan fingerprint density at radius 3 is 2.52 bits per heavy atom. The predicted molar refractivity (Wildman–Crippen MR) is 76.5 cm³/mol. The molecule has 4 N–H and O–H groups in total. The zero-order valence-corrected chi connectivity index (χ0v) is 11.3. The largest absolute Gasteiger partial charge is 0.504 e. The van der Waals surface area contributed by atoms with Crippen molar-refractivity contribution in [3.05, 3.63) is 47.5 Å². The van der Waals surface area contributed by atoms with Crippen molar-refractivity contribution < 1.29 is 25.3 Å². The van der Waals surface area contributed by atoms with Crippen LogP contribution in [0.5, 0.6) is 23.0 Å². The summed E-state index contributed by atoms with van der Waals surface area (Å²) in [5.74, 6) is -0.984.